The zero-order valence-electron chi connectivity index (χ0n) is 23.5. The van der Waals surface area contributed by atoms with E-state index in [1.54, 1.807) is 18.2 Å². The molecule has 2 aromatic heterocycles. The Morgan fingerprint density at radius 1 is 1.14 bits per heavy atom. The zero-order valence-corrected chi connectivity index (χ0v) is 24.3. The molecule has 8 nitrogen and oxygen atoms in total. The second-order valence-electron chi connectivity index (χ2n) is 10.7. The minimum absolute atomic E-state index is 0.00582. The van der Waals surface area contributed by atoms with Gasteiger partial charge in [-0.1, -0.05) is 17.9 Å². The summed E-state index contributed by atoms with van der Waals surface area (Å²) in [7, 11) is 0. The van der Waals surface area contributed by atoms with Crippen LogP contribution in [0, 0.1) is 18.8 Å². The van der Waals surface area contributed by atoms with Gasteiger partial charge in [-0.3, -0.25) is 4.79 Å². The number of amides is 1. The molecule has 1 aliphatic carbocycles. The van der Waals surface area contributed by atoms with Crippen LogP contribution in [-0.4, -0.2) is 52.7 Å². The molecule has 2 fully saturated rings. The summed E-state index contributed by atoms with van der Waals surface area (Å²) in [5.41, 5.74) is 2.32. The number of hydrogen-bond acceptors (Lipinski definition) is 8. The first-order chi connectivity index (χ1) is 20.7. The summed E-state index contributed by atoms with van der Waals surface area (Å²) in [5, 5.41) is 12.7. The van der Waals surface area contributed by atoms with Gasteiger partial charge in [-0.05, 0) is 62.6 Å². The van der Waals surface area contributed by atoms with Crippen LogP contribution >= 0.6 is 11.3 Å². The number of alkyl halides is 3. The molecule has 0 radical (unpaired) electrons. The highest BCUT2D eigenvalue weighted by Crippen LogP contribution is 2.39. The first kappa shape index (κ1) is 28.9. The summed E-state index contributed by atoms with van der Waals surface area (Å²) in [6, 6.07) is 8.91. The molecule has 2 aliphatic rings. The van der Waals surface area contributed by atoms with Crippen molar-refractivity contribution in [2.45, 2.75) is 44.9 Å². The van der Waals surface area contributed by atoms with E-state index >= 15 is 0 Å². The Balaban J connectivity index is 1.21. The molecule has 1 atom stereocenters. The Bertz CT molecular complexity index is 1740. The third-order valence-corrected chi connectivity index (χ3v) is 8.28. The summed E-state index contributed by atoms with van der Waals surface area (Å²) < 4.78 is 42.8. The standard InChI is InChI=1S/C31H29F3N6O2S/c1-18-3-4-21(13-20(18)5-6-22-16-43-28-27(22)36-17-37-29(28)38-23-7-8-23)30(41)39-24-9-10-26(25(14-24)31(32,33)34)42-40-12-11-35-15-19(40)2/h3-4,9-10,13-14,16-17,19,23,35H,7-8,11-12,15H2,1-2H3,(H,39,41)(H,36,37,38). The third-order valence-electron chi connectivity index (χ3n) is 7.30. The number of aryl methyl sites for hydroxylation is 1. The number of hydroxylamine groups is 2. The molecule has 12 heteroatoms. The Labute approximate surface area is 250 Å². The van der Waals surface area contributed by atoms with Crippen molar-refractivity contribution in [3.8, 4) is 17.6 Å². The van der Waals surface area contributed by atoms with Gasteiger partial charge in [-0.25, -0.2) is 9.97 Å². The van der Waals surface area contributed by atoms with Crippen molar-refractivity contribution in [3.05, 3.63) is 75.9 Å². The summed E-state index contributed by atoms with van der Waals surface area (Å²) in [5.74, 6) is 6.26. The van der Waals surface area contributed by atoms with Crippen LogP contribution in [0.5, 0.6) is 5.75 Å². The molecule has 6 rings (SSSR count). The first-order valence-corrected chi connectivity index (χ1v) is 14.8. The number of halogens is 3. The topological polar surface area (TPSA) is 91.4 Å². The van der Waals surface area contributed by atoms with Gasteiger partial charge in [0, 0.05) is 47.9 Å². The van der Waals surface area contributed by atoms with Gasteiger partial charge in [0.1, 0.15) is 23.2 Å². The molecular weight excluding hydrogens is 577 g/mol. The molecular formula is C31H29F3N6O2S. The lowest BCUT2D eigenvalue weighted by atomic mass is 10.0. The molecule has 3 N–H and O–H groups in total. The SMILES string of the molecule is Cc1ccc(C(=O)Nc2ccc(ON3CCNCC3C)c(C(F)(F)F)c2)cc1C#Cc1csc2c(NC3CC3)ncnc12. The minimum atomic E-state index is -4.68. The molecule has 1 aliphatic heterocycles. The normalized spacial score (nSPS) is 17.3. The number of nitrogens with one attached hydrogen (secondary N) is 3. The molecule has 1 saturated heterocycles. The highest BCUT2D eigenvalue weighted by Gasteiger charge is 2.36. The molecule has 43 heavy (non-hydrogen) atoms. The average Bonchev–Trinajstić information content (AvgIpc) is 3.70. The molecule has 3 heterocycles. The van der Waals surface area contributed by atoms with Gasteiger partial charge in [-0.15, -0.1) is 16.4 Å². The summed E-state index contributed by atoms with van der Waals surface area (Å²) in [6.45, 7) is 5.42. The van der Waals surface area contributed by atoms with Gasteiger partial charge in [0.05, 0.1) is 16.3 Å². The largest absolute Gasteiger partial charge is 0.420 e. The van der Waals surface area contributed by atoms with Crippen LogP contribution in [0.25, 0.3) is 10.2 Å². The predicted molar refractivity (Wildman–Crippen MR) is 160 cm³/mol. The summed E-state index contributed by atoms with van der Waals surface area (Å²) in [4.78, 5) is 27.6. The van der Waals surface area contributed by atoms with Crippen LogP contribution in [0.1, 0.15) is 52.4 Å². The van der Waals surface area contributed by atoms with Gasteiger partial charge < -0.3 is 20.8 Å². The number of fused-ring (bicyclic) bond motifs is 1. The summed E-state index contributed by atoms with van der Waals surface area (Å²) in [6.07, 6.45) is -0.890. The van der Waals surface area contributed by atoms with E-state index in [1.807, 2.05) is 19.2 Å². The fraction of sp³-hybridized carbons (Fsp3) is 0.323. The number of piperazine rings is 1. The van der Waals surface area contributed by atoms with Crippen LogP contribution < -0.4 is 20.8 Å². The maximum Gasteiger partial charge on any atom is 0.420 e. The van der Waals surface area contributed by atoms with Crippen LogP contribution in [0.15, 0.2) is 48.1 Å². The number of thiophene rings is 1. The van der Waals surface area contributed by atoms with E-state index in [4.69, 9.17) is 4.84 Å². The lowest BCUT2D eigenvalue weighted by molar-refractivity contribution is -0.148. The molecule has 0 bridgehead atoms. The maximum atomic E-state index is 14.0. The Kier molecular flexibility index (Phi) is 7.96. The van der Waals surface area contributed by atoms with Crippen molar-refractivity contribution in [3.63, 3.8) is 0 Å². The third kappa shape index (κ3) is 6.59. The van der Waals surface area contributed by atoms with E-state index in [0.29, 0.717) is 31.2 Å². The average molecular weight is 607 g/mol. The highest BCUT2D eigenvalue weighted by atomic mass is 32.1. The molecule has 4 aromatic rings. The first-order valence-electron chi connectivity index (χ1n) is 13.9. The van der Waals surface area contributed by atoms with Gasteiger partial charge >= 0.3 is 6.18 Å². The fourth-order valence-electron chi connectivity index (χ4n) is 4.69. The van der Waals surface area contributed by atoms with Crippen LogP contribution in [0.4, 0.5) is 24.7 Å². The minimum Gasteiger partial charge on any atom is -0.405 e. The fourth-order valence-corrected chi connectivity index (χ4v) is 5.60. The highest BCUT2D eigenvalue weighted by molar-refractivity contribution is 7.18. The van der Waals surface area contributed by atoms with E-state index in [9.17, 15) is 18.0 Å². The smallest absolute Gasteiger partial charge is 0.405 e. The molecule has 222 valence electrons. The second kappa shape index (κ2) is 11.8. The van der Waals surface area contributed by atoms with Crippen molar-refractivity contribution in [1.29, 1.82) is 0 Å². The van der Waals surface area contributed by atoms with Gasteiger partial charge in [-0.2, -0.15) is 13.2 Å². The zero-order chi connectivity index (χ0) is 30.1. The van der Waals surface area contributed by atoms with Crippen LogP contribution in [0.3, 0.4) is 0 Å². The number of carbonyl (C=O) groups excluding carboxylic acids is 1. The quantitative estimate of drug-likeness (QED) is 0.238. The van der Waals surface area contributed by atoms with Gasteiger partial charge in [0.15, 0.2) is 5.75 Å². The van der Waals surface area contributed by atoms with Crippen molar-refractivity contribution in [2.75, 3.05) is 30.3 Å². The van der Waals surface area contributed by atoms with Crippen molar-refractivity contribution < 1.29 is 22.8 Å². The summed E-state index contributed by atoms with van der Waals surface area (Å²) >= 11 is 1.52. The lowest BCUT2D eigenvalue weighted by Crippen LogP contribution is -2.51. The number of rotatable bonds is 6. The molecule has 1 unspecified atom stereocenters. The maximum absolute atomic E-state index is 14.0. The lowest BCUT2D eigenvalue weighted by Gasteiger charge is -2.33. The Morgan fingerprint density at radius 2 is 1.95 bits per heavy atom. The number of anilines is 2. The van der Waals surface area contributed by atoms with Gasteiger partial charge in [0.25, 0.3) is 5.91 Å². The van der Waals surface area contributed by atoms with Crippen molar-refractivity contribution >= 4 is 39.0 Å². The number of nitrogens with zero attached hydrogens (tertiary/aromatic N) is 3. The number of hydrogen-bond donors (Lipinski definition) is 3. The number of carbonyl (C=O) groups is 1. The Morgan fingerprint density at radius 3 is 2.72 bits per heavy atom. The monoisotopic (exact) mass is 606 g/mol. The number of aromatic nitrogens is 2. The van der Waals surface area contributed by atoms with Crippen molar-refractivity contribution in [1.82, 2.24) is 20.3 Å². The van der Waals surface area contributed by atoms with E-state index < -0.39 is 17.6 Å². The van der Waals surface area contributed by atoms with Crippen molar-refractivity contribution in [2.24, 2.45) is 0 Å². The molecule has 1 saturated carbocycles. The van der Waals surface area contributed by atoms with E-state index in [2.05, 4.69) is 37.8 Å². The Hall–Kier alpha value is -4.18. The molecule has 1 amide bonds. The molecule has 0 spiro atoms. The predicted octanol–water partition coefficient (Wildman–Crippen LogP) is 5.83. The number of benzene rings is 2. The van der Waals surface area contributed by atoms with E-state index in [0.717, 1.165) is 46.1 Å². The van der Waals surface area contributed by atoms with Crippen LogP contribution in [0.2, 0.25) is 0 Å². The van der Waals surface area contributed by atoms with Crippen LogP contribution in [-0.2, 0) is 6.18 Å². The van der Waals surface area contributed by atoms with E-state index in [-0.39, 0.29) is 23.0 Å². The molecule has 2 aromatic carbocycles. The van der Waals surface area contributed by atoms with Gasteiger partial charge in [0.2, 0.25) is 0 Å². The van der Waals surface area contributed by atoms with E-state index in [1.165, 1.54) is 34.9 Å². The second-order valence-corrected chi connectivity index (χ2v) is 11.6.